The van der Waals surface area contributed by atoms with E-state index in [1.165, 1.54) is 19.2 Å². The molecule has 0 saturated heterocycles. The van der Waals surface area contributed by atoms with Gasteiger partial charge in [-0.05, 0) is 26.1 Å². The van der Waals surface area contributed by atoms with E-state index in [0.717, 1.165) is 4.90 Å². The van der Waals surface area contributed by atoms with Crippen LogP contribution in [-0.2, 0) is 4.74 Å². The minimum absolute atomic E-state index is 0.0744. The summed E-state index contributed by atoms with van der Waals surface area (Å²) in [4.78, 5) is 26.4. The Balaban J connectivity index is 2.46. The summed E-state index contributed by atoms with van der Waals surface area (Å²) in [7, 11) is 1.26. The summed E-state index contributed by atoms with van der Waals surface area (Å²) < 4.78 is 40.9. The molecular weight excluding hydrogens is 277 g/mol. The van der Waals surface area contributed by atoms with E-state index < -0.39 is 24.2 Å². The lowest BCUT2D eigenvalue weighted by Gasteiger charge is -2.18. The van der Waals surface area contributed by atoms with Gasteiger partial charge in [-0.15, -0.1) is 0 Å². The molecule has 1 aromatic rings. The molecule has 0 aliphatic rings. The van der Waals surface area contributed by atoms with E-state index in [2.05, 4.69) is 4.98 Å². The van der Waals surface area contributed by atoms with Gasteiger partial charge in [0.15, 0.2) is 0 Å². The number of aromatic nitrogens is 1. The number of esters is 1. The predicted octanol–water partition coefficient (Wildman–Crippen LogP) is 1.33. The molecule has 0 aliphatic carbocycles. The van der Waals surface area contributed by atoms with Crippen LogP contribution < -0.4 is 5.56 Å². The normalized spacial score (nSPS) is 11.7. The van der Waals surface area contributed by atoms with Crippen molar-refractivity contribution in [3.8, 4) is 0 Å². The molecule has 1 aromatic heterocycles. The molecule has 0 saturated carbocycles. The number of carbonyl (C=O) groups is 1. The van der Waals surface area contributed by atoms with Gasteiger partial charge >= 0.3 is 12.1 Å². The fourth-order valence-corrected chi connectivity index (χ4v) is 1.49. The van der Waals surface area contributed by atoms with Crippen molar-refractivity contribution in [2.75, 3.05) is 26.7 Å². The van der Waals surface area contributed by atoms with E-state index >= 15 is 0 Å². The van der Waals surface area contributed by atoms with Crippen LogP contribution in [-0.4, -0.2) is 48.8 Å². The number of halogens is 3. The number of aryl methyl sites for hydroxylation is 1. The number of hydrogen-bond acceptors (Lipinski definition) is 4. The van der Waals surface area contributed by atoms with Crippen molar-refractivity contribution in [3.63, 3.8) is 0 Å². The Bertz CT molecular complexity index is 525. The lowest BCUT2D eigenvalue weighted by Crippen LogP contribution is -2.34. The maximum absolute atomic E-state index is 12.1. The monoisotopic (exact) mass is 292 g/mol. The molecule has 1 N–H and O–H groups in total. The summed E-state index contributed by atoms with van der Waals surface area (Å²) in [6.07, 6.45) is -4.30. The fourth-order valence-electron chi connectivity index (χ4n) is 1.49. The third-order valence-electron chi connectivity index (χ3n) is 2.43. The zero-order valence-electron chi connectivity index (χ0n) is 11.1. The molecule has 0 amide bonds. The zero-order valence-corrected chi connectivity index (χ0v) is 11.1. The van der Waals surface area contributed by atoms with Crippen LogP contribution in [0, 0.1) is 6.92 Å². The van der Waals surface area contributed by atoms with Crippen LogP contribution in [0.5, 0.6) is 0 Å². The van der Waals surface area contributed by atoms with E-state index in [-0.39, 0.29) is 18.7 Å². The first-order valence-corrected chi connectivity index (χ1v) is 5.81. The summed E-state index contributed by atoms with van der Waals surface area (Å²) in [5, 5.41) is 0. The second-order valence-electron chi connectivity index (χ2n) is 4.37. The number of rotatable bonds is 5. The lowest BCUT2D eigenvalue weighted by molar-refractivity contribution is -0.143. The molecule has 0 atom stereocenters. The van der Waals surface area contributed by atoms with Gasteiger partial charge in [0.25, 0.3) is 5.56 Å². The molecule has 0 unspecified atom stereocenters. The van der Waals surface area contributed by atoms with E-state index in [1.807, 2.05) is 0 Å². The molecule has 1 rings (SSSR count). The molecule has 0 spiro atoms. The van der Waals surface area contributed by atoms with Gasteiger partial charge in [0.2, 0.25) is 0 Å². The molecule has 0 aromatic carbocycles. The van der Waals surface area contributed by atoms with Gasteiger partial charge < -0.3 is 9.72 Å². The van der Waals surface area contributed by atoms with Gasteiger partial charge in [0.05, 0.1) is 6.54 Å². The summed E-state index contributed by atoms with van der Waals surface area (Å²) >= 11 is 0. The third kappa shape index (κ3) is 5.43. The van der Waals surface area contributed by atoms with E-state index in [1.54, 1.807) is 6.92 Å². The second-order valence-corrected chi connectivity index (χ2v) is 4.37. The van der Waals surface area contributed by atoms with Gasteiger partial charge in [0, 0.05) is 12.2 Å². The molecule has 8 heteroatoms. The minimum atomic E-state index is -4.30. The van der Waals surface area contributed by atoms with Crippen LogP contribution in [0.4, 0.5) is 13.2 Å². The first kappa shape index (κ1) is 16.2. The Morgan fingerprint density at radius 2 is 2.05 bits per heavy atom. The summed E-state index contributed by atoms with van der Waals surface area (Å²) in [5.41, 5.74) is -0.163. The molecule has 112 valence electrons. The van der Waals surface area contributed by atoms with Gasteiger partial charge in [-0.1, -0.05) is 0 Å². The number of ether oxygens (including phenoxy) is 1. The standard InChI is InChI=1S/C12H15F3N2O3/c1-8-3-4-9(10(18)16-8)11(19)20-6-5-17(2)7-12(13,14)15/h3-4H,5-7H2,1-2H3,(H,16,18). The highest BCUT2D eigenvalue weighted by molar-refractivity contribution is 5.88. The molecule has 5 nitrogen and oxygen atoms in total. The first-order valence-electron chi connectivity index (χ1n) is 5.81. The topological polar surface area (TPSA) is 62.4 Å². The van der Waals surface area contributed by atoms with Crippen molar-refractivity contribution in [1.29, 1.82) is 0 Å². The molecule has 0 aliphatic heterocycles. The highest BCUT2D eigenvalue weighted by atomic mass is 19.4. The molecular formula is C12H15F3N2O3. The van der Waals surface area contributed by atoms with E-state index in [9.17, 15) is 22.8 Å². The highest BCUT2D eigenvalue weighted by Gasteiger charge is 2.29. The summed E-state index contributed by atoms with van der Waals surface area (Å²) in [6.45, 7) is 0.270. The Kier molecular flexibility index (Phi) is 5.32. The maximum atomic E-state index is 12.1. The van der Waals surface area contributed by atoms with Gasteiger partial charge in [-0.3, -0.25) is 9.69 Å². The third-order valence-corrected chi connectivity index (χ3v) is 2.43. The van der Waals surface area contributed by atoms with Crippen molar-refractivity contribution in [2.45, 2.75) is 13.1 Å². The van der Waals surface area contributed by atoms with Crippen molar-refractivity contribution >= 4 is 5.97 Å². The van der Waals surface area contributed by atoms with Crippen LogP contribution >= 0.6 is 0 Å². The number of alkyl halides is 3. The number of pyridine rings is 1. The van der Waals surface area contributed by atoms with Crippen molar-refractivity contribution in [2.24, 2.45) is 0 Å². The summed E-state index contributed by atoms with van der Waals surface area (Å²) in [6, 6.07) is 2.85. The van der Waals surface area contributed by atoms with Crippen LogP contribution in [0.2, 0.25) is 0 Å². The molecule has 0 bridgehead atoms. The fraction of sp³-hybridized carbons (Fsp3) is 0.500. The average Bonchev–Trinajstić information content (AvgIpc) is 2.25. The smallest absolute Gasteiger partial charge is 0.401 e. The number of nitrogens with one attached hydrogen (secondary N) is 1. The Hall–Kier alpha value is -1.83. The van der Waals surface area contributed by atoms with Crippen molar-refractivity contribution < 1.29 is 22.7 Å². The largest absolute Gasteiger partial charge is 0.461 e. The zero-order chi connectivity index (χ0) is 15.3. The first-order chi connectivity index (χ1) is 9.19. The number of H-pyrrole nitrogens is 1. The highest BCUT2D eigenvalue weighted by Crippen LogP contribution is 2.15. The van der Waals surface area contributed by atoms with E-state index in [0.29, 0.717) is 5.69 Å². The SMILES string of the molecule is Cc1ccc(C(=O)OCCN(C)CC(F)(F)F)c(=O)[nH]1. The molecule has 0 fully saturated rings. The predicted molar refractivity (Wildman–Crippen MR) is 65.6 cm³/mol. The van der Waals surface area contributed by atoms with Crippen LogP contribution in [0.25, 0.3) is 0 Å². The average molecular weight is 292 g/mol. The van der Waals surface area contributed by atoms with Crippen molar-refractivity contribution in [1.82, 2.24) is 9.88 Å². The number of hydrogen-bond donors (Lipinski definition) is 1. The van der Waals surface area contributed by atoms with Crippen LogP contribution in [0.1, 0.15) is 16.1 Å². The van der Waals surface area contributed by atoms with E-state index in [4.69, 9.17) is 4.74 Å². The lowest BCUT2D eigenvalue weighted by atomic mass is 10.2. The Morgan fingerprint density at radius 1 is 1.40 bits per heavy atom. The van der Waals surface area contributed by atoms with Crippen molar-refractivity contribution in [3.05, 3.63) is 33.7 Å². The van der Waals surface area contributed by atoms with Crippen LogP contribution in [0.3, 0.4) is 0 Å². The van der Waals surface area contributed by atoms with Gasteiger partial charge in [-0.2, -0.15) is 13.2 Å². The number of carbonyl (C=O) groups excluding carboxylic acids is 1. The number of nitrogens with zero attached hydrogens (tertiary/aromatic N) is 1. The quantitative estimate of drug-likeness (QED) is 0.832. The maximum Gasteiger partial charge on any atom is 0.401 e. The molecule has 1 heterocycles. The minimum Gasteiger partial charge on any atom is -0.461 e. The second kappa shape index (κ2) is 6.56. The molecule has 0 radical (unpaired) electrons. The van der Waals surface area contributed by atoms with Gasteiger partial charge in [-0.25, -0.2) is 4.79 Å². The summed E-state index contributed by atoms with van der Waals surface area (Å²) in [5.74, 6) is -0.855. The molecule has 20 heavy (non-hydrogen) atoms. The number of likely N-dealkylation sites (N-methyl/N-ethyl adjacent to an activating group) is 1. The van der Waals surface area contributed by atoms with Crippen LogP contribution in [0.15, 0.2) is 16.9 Å². The Morgan fingerprint density at radius 3 is 2.60 bits per heavy atom. The van der Waals surface area contributed by atoms with Gasteiger partial charge in [0.1, 0.15) is 12.2 Å². The number of aromatic amines is 1. The Labute approximate surface area is 113 Å².